The maximum atomic E-state index is 12.0. The molecule has 4 nitrogen and oxygen atoms in total. The highest BCUT2D eigenvalue weighted by Gasteiger charge is 2.16. The van der Waals surface area contributed by atoms with Gasteiger partial charge in [0.25, 0.3) is 0 Å². The average molecular weight is 352 g/mol. The zero-order valence-corrected chi connectivity index (χ0v) is 14.8. The van der Waals surface area contributed by atoms with E-state index >= 15 is 0 Å². The minimum absolute atomic E-state index is 0. The second kappa shape index (κ2) is 8.43. The van der Waals surface area contributed by atoms with Crippen molar-refractivity contribution in [3.8, 4) is 10.4 Å². The fourth-order valence-corrected chi connectivity index (χ4v) is 3.72. The Labute approximate surface area is 147 Å². The molecule has 2 N–H and O–H groups in total. The van der Waals surface area contributed by atoms with Gasteiger partial charge in [0.2, 0.25) is 5.91 Å². The minimum Gasteiger partial charge on any atom is -0.314 e. The average Bonchev–Trinajstić information content (AvgIpc) is 3.17. The molecule has 0 aliphatic carbocycles. The van der Waals surface area contributed by atoms with Gasteiger partial charge in [-0.1, -0.05) is 35.6 Å². The molecule has 1 aliphatic heterocycles. The number of thiazole rings is 1. The van der Waals surface area contributed by atoms with Crippen molar-refractivity contribution in [2.45, 2.75) is 38.6 Å². The highest BCUT2D eigenvalue weighted by Crippen LogP contribution is 2.31. The van der Waals surface area contributed by atoms with E-state index < -0.39 is 0 Å². The first-order chi connectivity index (χ1) is 10.7. The van der Waals surface area contributed by atoms with Gasteiger partial charge in [-0.25, -0.2) is 4.98 Å². The van der Waals surface area contributed by atoms with Crippen molar-refractivity contribution in [3.63, 3.8) is 0 Å². The summed E-state index contributed by atoms with van der Waals surface area (Å²) in [4.78, 5) is 17.4. The predicted molar refractivity (Wildman–Crippen MR) is 98.4 cm³/mol. The van der Waals surface area contributed by atoms with E-state index in [4.69, 9.17) is 0 Å². The number of carbonyl (C=O) groups is 1. The summed E-state index contributed by atoms with van der Waals surface area (Å²) in [5.74, 6) is 0.0550. The summed E-state index contributed by atoms with van der Waals surface area (Å²) in [5.41, 5.74) is 2.40. The van der Waals surface area contributed by atoms with Crippen LogP contribution < -0.4 is 10.6 Å². The number of hydrogen-bond donors (Lipinski definition) is 2. The Morgan fingerprint density at radius 2 is 2.26 bits per heavy atom. The Morgan fingerprint density at radius 1 is 1.43 bits per heavy atom. The molecule has 1 aliphatic rings. The molecule has 3 rings (SSSR count). The number of aromatic nitrogens is 1. The van der Waals surface area contributed by atoms with Gasteiger partial charge in [0.05, 0.1) is 4.88 Å². The molecule has 124 valence electrons. The number of benzene rings is 1. The van der Waals surface area contributed by atoms with E-state index in [2.05, 4.69) is 34.7 Å². The monoisotopic (exact) mass is 351 g/mol. The van der Waals surface area contributed by atoms with E-state index in [1.54, 1.807) is 0 Å². The van der Waals surface area contributed by atoms with Crippen LogP contribution in [0, 0.1) is 6.92 Å². The fourth-order valence-electron chi connectivity index (χ4n) is 2.80. The molecule has 6 heteroatoms. The topological polar surface area (TPSA) is 54.0 Å². The molecule has 1 aromatic carbocycles. The van der Waals surface area contributed by atoms with Crippen molar-refractivity contribution in [2.24, 2.45) is 0 Å². The standard InChI is InChI=1S/C17H21N3OS.ClH/c1-12-5-2-3-7-14(12)15-11-19-17(22-15)20-16(21)9-8-13-6-4-10-18-13;/h2-3,5,7,11,13,18H,4,6,8-10H2,1H3,(H,19,20,21);1H/t13-;/m0./s1. The zero-order chi connectivity index (χ0) is 15.4. The van der Waals surface area contributed by atoms with Crippen LogP contribution in [0.3, 0.4) is 0 Å². The first-order valence-electron chi connectivity index (χ1n) is 7.77. The highest BCUT2D eigenvalue weighted by atomic mass is 35.5. The zero-order valence-electron chi connectivity index (χ0n) is 13.2. The van der Waals surface area contributed by atoms with Gasteiger partial charge in [-0.15, -0.1) is 12.4 Å². The smallest absolute Gasteiger partial charge is 0.226 e. The van der Waals surface area contributed by atoms with E-state index in [1.165, 1.54) is 35.3 Å². The van der Waals surface area contributed by atoms with Crippen molar-refractivity contribution >= 4 is 34.8 Å². The van der Waals surface area contributed by atoms with Crippen molar-refractivity contribution in [2.75, 3.05) is 11.9 Å². The quantitative estimate of drug-likeness (QED) is 0.855. The molecule has 1 saturated heterocycles. The van der Waals surface area contributed by atoms with E-state index in [0.717, 1.165) is 17.8 Å². The molecule has 2 aromatic rings. The number of nitrogens with zero attached hydrogens (tertiary/aromatic N) is 1. The van der Waals surface area contributed by atoms with Crippen molar-refractivity contribution in [3.05, 3.63) is 36.0 Å². The van der Waals surface area contributed by atoms with E-state index in [-0.39, 0.29) is 18.3 Å². The number of carbonyl (C=O) groups excluding carboxylic acids is 1. The third kappa shape index (κ3) is 4.77. The van der Waals surface area contributed by atoms with Crippen LogP contribution in [-0.2, 0) is 4.79 Å². The van der Waals surface area contributed by atoms with Crippen LogP contribution in [0.1, 0.15) is 31.2 Å². The Hall–Kier alpha value is -1.43. The van der Waals surface area contributed by atoms with Crippen LogP contribution in [0.5, 0.6) is 0 Å². The lowest BCUT2D eigenvalue weighted by Gasteiger charge is -2.08. The van der Waals surface area contributed by atoms with Crippen LogP contribution >= 0.6 is 23.7 Å². The van der Waals surface area contributed by atoms with Gasteiger partial charge in [0, 0.05) is 18.7 Å². The van der Waals surface area contributed by atoms with Crippen LogP contribution in [0.4, 0.5) is 5.13 Å². The lowest BCUT2D eigenvalue weighted by molar-refractivity contribution is -0.116. The summed E-state index contributed by atoms with van der Waals surface area (Å²) in [5, 5.41) is 7.01. The second-order valence-electron chi connectivity index (χ2n) is 5.72. The summed E-state index contributed by atoms with van der Waals surface area (Å²) in [6.45, 7) is 3.17. The van der Waals surface area contributed by atoms with Crippen LogP contribution in [0.25, 0.3) is 10.4 Å². The molecular weight excluding hydrogens is 330 g/mol. The van der Waals surface area contributed by atoms with Gasteiger partial charge in [0.1, 0.15) is 0 Å². The molecule has 2 heterocycles. The number of aryl methyl sites for hydroxylation is 1. The number of hydrogen-bond acceptors (Lipinski definition) is 4. The van der Waals surface area contributed by atoms with Crippen molar-refractivity contribution in [1.82, 2.24) is 10.3 Å². The molecule has 0 unspecified atom stereocenters. The van der Waals surface area contributed by atoms with Crippen LogP contribution in [-0.4, -0.2) is 23.5 Å². The van der Waals surface area contributed by atoms with Gasteiger partial charge in [0.15, 0.2) is 5.13 Å². The first kappa shape index (κ1) is 17.9. The second-order valence-corrected chi connectivity index (χ2v) is 6.76. The number of amides is 1. The van der Waals surface area contributed by atoms with Gasteiger partial charge < -0.3 is 10.6 Å². The fraction of sp³-hybridized carbons (Fsp3) is 0.412. The molecule has 1 fully saturated rings. The molecule has 1 amide bonds. The Bertz CT molecular complexity index is 653. The summed E-state index contributed by atoms with van der Waals surface area (Å²) >= 11 is 1.53. The SMILES string of the molecule is Cc1ccccc1-c1cnc(NC(=O)CC[C@@H]2CCCN2)s1.Cl. The Kier molecular flexibility index (Phi) is 6.57. The largest absolute Gasteiger partial charge is 0.314 e. The summed E-state index contributed by atoms with van der Waals surface area (Å²) in [6, 6.07) is 8.72. The van der Waals surface area contributed by atoms with Gasteiger partial charge >= 0.3 is 0 Å². The predicted octanol–water partition coefficient (Wildman–Crippen LogP) is 4.01. The van der Waals surface area contributed by atoms with Crippen molar-refractivity contribution < 1.29 is 4.79 Å². The number of halogens is 1. The van der Waals surface area contributed by atoms with E-state index in [0.29, 0.717) is 17.6 Å². The molecule has 0 bridgehead atoms. The van der Waals surface area contributed by atoms with Gasteiger partial charge in [-0.2, -0.15) is 0 Å². The minimum atomic E-state index is 0. The van der Waals surface area contributed by atoms with Crippen LogP contribution in [0.15, 0.2) is 30.5 Å². The maximum absolute atomic E-state index is 12.0. The molecule has 0 radical (unpaired) electrons. The molecule has 0 saturated carbocycles. The Morgan fingerprint density at radius 3 is 3.00 bits per heavy atom. The van der Waals surface area contributed by atoms with Crippen molar-refractivity contribution in [1.29, 1.82) is 0 Å². The molecular formula is C17H22ClN3OS. The molecule has 23 heavy (non-hydrogen) atoms. The van der Waals surface area contributed by atoms with Gasteiger partial charge in [-0.05, 0) is 43.9 Å². The third-order valence-electron chi connectivity index (χ3n) is 4.04. The highest BCUT2D eigenvalue weighted by molar-refractivity contribution is 7.19. The summed E-state index contributed by atoms with van der Waals surface area (Å²) in [6.07, 6.45) is 5.69. The summed E-state index contributed by atoms with van der Waals surface area (Å²) in [7, 11) is 0. The number of rotatable bonds is 5. The van der Waals surface area contributed by atoms with Crippen LogP contribution in [0.2, 0.25) is 0 Å². The molecule has 0 spiro atoms. The molecule has 1 aromatic heterocycles. The molecule has 1 atom stereocenters. The number of nitrogens with one attached hydrogen (secondary N) is 2. The first-order valence-corrected chi connectivity index (χ1v) is 8.59. The summed E-state index contributed by atoms with van der Waals surface area (Å²) < 4.78 is 0. The third-order valence-corrected chi connectivity index (χ3v) is 4.99. The Balaban J connectivity index is 0.00000192. The van der Waals surface area contributed by atoms with E-state index in [9.17, 15) is 4.79 Å². The number of anilines is 1. The normalized spacial score (nSPS) is 16.8. The van der Waals surface area contributed by atoms with E-state index in [1.807, 2.05) is 18.3 Å². The lowest BCUT2D eigenvalue weighted by atomic mass is 10.1. The lowest BCUT2D eigenvalue weighted by Crippen LogP contribution is -2.23. The maximum Gasteiger partial charge on any atom is 0.226 e. The van der Waals surface area contributed by atoms with Gasteiger partial charge in [-0.3, -0.25) is 4.79 Å².